The maximum atomic E-state index is 12.4. The van der Waals surface area contributed by atoms with Crippen molar-refractivity contribution < 1.29 is 22.6 Å². The molecule has 3 nitrogen and oxygen atoms in total. The van der Waals surface area contributed by atoms with Crippen LogP contribution >= 0.6 is 0 Å². The minimum absolute atomic E-state index is 0.271. The third kappa shape index (κ3) is 3.14. The topological polar surface area (TPSA) is 44.5 Å². The maximum absolute atomic E-state index is 12.4. The quantitative estimate of drug-likeness (QED) is 0.870. The van der Waals surface area contributed by atoms with Gasteiger partial charge in [-0.1, -0.05) is 24.3 Å². The van der Waals surface area contributed by atoms with Gasteiger partial charge < -0.3 is 15.2 Å². The van der Waals surface area contributed by atoms with E-state index < -0.39 is 6.36 Å². The molecule has 2 rings (SSSR count). The molecule has 2 aromatic carbocycles. The van der Waals surface area contributed by atoms with E-state index in [9.17, 15) is 13.2 Å². The number of nitrogens with two attached hydrogens (primary N) is 1. The molecule has 0 heterocycles. The number of nitrogen functional groups attached to an aromatic ring is 1. The van der Waals surface area contributed by atoms with Crippen LogP contribution in [0.4, 0.5) is 18.9 Å². The lowest BCUT2D eigenvalue weighted by molar-refractivity contribution is -0.274. The van der Waals surface area contributed by atoms with Gasteiger partial charge in [0.1, 0.15) is 11.5 Å². The Morgan fingerprint density at radius 2 is 1.70 bits per heavy atom. The van der Waals surface area contributed by atoms with Gasteiger partial charge >= 0.3 is 6.36 Å². The number of rotatable bonds is 3. The molecule has 0 radical (unpaired) electrons. The highest BCUT2D eigenvalue weighted by Gasteiger charge is 2.32. The summed E-state index contributed by atoms with van der Waals surface area (Å²) in [6.07, 6.45) is -4.74. The van der Waals surface area contributed by atoms with Gasteiger partial charge in [0.15, 0.2) is 0 Å². The Bertz CT molecular complexity index is 612. The predicted molar refractivity (Wildman–Crippen MR) is 69.5 cm³/mol. The van der Waals surface area contributed by atoms with Crippen LogP contribution in [0.25, 0.3) is 11.1 Å². The van der Waals surface area contributed by atoms with Gasteiger partial charge in [-0.2, -0.15) is 0 Å². The molecule has 0 atom stereocenters. The van der Waals surface area contributed by atoms with Crippen molar-refractivity contribution in [2.24, 2.45) is 0 Å². The van der Waals surface area contributed by atoms with E-state index in [0.29, 0.717) is 22.6 Å². The molecule has 2 aromatic rings. The van der Waals surface area contributed by atoms with Crippen LogP contribution in [0.1, 0.15) is 0 Å². The Morgan fingerprint density at radius 1 is 1.00 bits per heavy atom. The van der Waals surface area contributed by atoms with E-state index in [2.05, 4.69) is 4.74 Å². The summed E-state index contributed by atoms with van der Waals surface area (Å²) in [5.74, 6) is 0.121. The molecule has 0 unspecified atom stereocenters. The first kappa shape index (κ1) is 14.0. The zero-order valence-electron chi connectivity index (χ0n) is 10.6. The second kappa shape index (κ2) is 5.32. The van der Waals surface area contributed by atoms with Gasteiger partial charge in [0.25, 0.3) is 0 Å². The van der Waals surface area contributed by atoms with E-state index in [1.807, 2.05) is 0 Å². The van der Waals surface area contributed by atoms with Gasteiger partial charge in [-0.3, -0.25) is 0 Å². The lowest BCUT2D eigenvalue weighted by Gasteiger charge is -2.14. The van der Waals surface area contributed by atoms with Crippen molar-refractivity contribution in [3.05, 3.63) is 42.5 Å². The number of halogens is 3. The summed E-state index contributed by atoms with van der Waals surface area (Å²) in [5, 5.41) is 0. The van der Waals surface area contributed by atoms with E-state index >= 15 is 0 Å². The normalized spacial score (nSPS) is 11.2. The molecule has 0 saturated carbocycles. The van der Waals surface area contributed by atoms with E-state index in [-0.39, 0.29) is 5.75 Å². The summed E-state index contributed by atoms with van der Waals surface area (Å²) in [4.78, 5) is 0. The first-order valence-corrected chi connectivity index (χ1v) is 5.69. The molecule has 0 aliphatic heterocycles. The van der Waals surface area contributed by atoms with Crippen LogP contribution in [0.2, 0.25) is 0 Å². The second-order valence-corrected chi connectivity index (χ2v) is 4.00. The van der Waals surface area contributed by atoms with Crippen LogP contribution < -0.4 is 15.2 Å². The van der Waals surface area contributed by atoms with E-state index in [0.717, 1.165) is 0 Å². The zero-order valence-corrected chi connectivity index (χ0v) is 10.6. The van der Waals surface area contributed by atoms with Crippen LogP contribution in [0.3, 0.4) is 0 Å². The highest BCUT2D eigenvalue weighted by atomic mass is 19.4. The summed E-state index contributed by atoms with van der Waals surface area (Å²) < 4.78 is 46.2. The lowest BCUT2D eigenvalue weighted by atomic mass is 10.0. The summed E-state index contributed by atoms with van der Waals surface area (Å²) in [5.41, 5.74) is 6.92. The monoisotopic (exact) mass is 283 g/mol. The van der Waals surface area contributed by atoms with Crippen LogP contribution in [-0.4, -0.2) is 13.5 Å². The largest absolute Gasteiger partial charge is 0.573 e. The molecule has 0 amide bonds. The number of benzene rings is 2. The Labute approximate surface area is 113 Å². The summed E-state index contributed by atoms with van der Waals surface area (Å²) in [6, 6.07) is 10.6. The van der Waals surface area contributed by atoms with Crippen LogP contribution in [-0.2, 0) is 0 Å². The van der Waals surface area contributed by atoms with Crippen molar-refractivity contribution in [1.82, 2.24) is 0 Å². The standard InChI is InChI=1S/C14H12F3NO2/c1-19-13-8-9(6-7-11(13)18)10-4-2-3-5-12(10)20-14(15,16)17/h2-8H,18H2,1H3. The molecule has 20 heavy (non-hydrogen) atoms. The number of ether oxygens (including phenoxy) is 2. The zero-order chi connectivity index (χ0) is 14.8. The van der Waals surface area contributed by atoms with Crippen molar-refractivity contribution in [2.75, 3.05) is 12.8 Å². The number of hydrogen-bond acceptors (Lipinski definition) is 3. The molecular formula is C14H12F3NO2. The van der Waals surface area contributed by atoms with Crippen LogP contribution in [0.15, 0.2) is 42.5 Å². The molecule has 2 N–H and O–H groups in total. The van der Waals surface area contributed by atoms with Crippen molar-refractivity contribution in [2.45, 2.75) is 6.36 Å². The fraction of sp³-hybridized carbons (Fsp3) is 0.143. The number of alkyl halides is 3. The highest BCUT2D eigenvalue weighted by molar-refractivity contribution is 5.74. The Kier molecular flexibility index (Phi) is 3.74. The lowest BCUT2D eigenvalue weighted by Crippen LogP contribution is -2.17. The third-order valence-corrected chi connectivity index (χ3v) is 2.66. The minimum atomic E-state index is -4.74. The number of methoxy groups -OCH3 is 1. The highest BCUT2D eigenvalue weighted by Crippen LogP contribution is 2.36. The van der Waals surface area contributed by atoms with Gasteiger partial charge in [-0.15, -0.1) is 13.2 Å². The SMILES string of the molecule is COc1cc(-c2ccccc2OC(F)(F)F)ccc1N. The minimum Gasteiger partial charge on any atom is -0.495 e. The van der Waals surface area contributed by atoms with Crippen LogP contribution in [0, 0.1) is 0 Å². The van der Waals surface area contributed by atoms with Crippen molar-refractivity contribution >= 4 is 5.69 Å². The van der Waals surface area contributed by atoms with E-state index in [1.54, 1.807) is 24.3 Å². The smallest absolute Gasteiger partial charge is 0.495 e. The van der Waals surface area contributed by atoms with E-state index in [4.69, 9.17) is 10.5 Å². The van der Waals surface area contributed by atoms with Gasteiger partial charge in [-0.05, 0) is 23.8 Å². The van der Waals surface area contributed by atoms with Gasteiger partial charge in [0, 0.05) is 5.56 Å². The molecule has 0 aliphatic rings. The molecular weight excluding hydrogens is 271 g/mol. The first-order chi connectivity index (χ1) is 9.40. The summed E-state index contributed by atoms with van der Waals surface area (Å²) in [7, 11) is 1.44. The molecule has 106 valence electrons. The van der Waals surface area contributed by atoms with Crippen molar-refractivity contribution in [1.29, 1.82) is 0 Å². The Hall–Kier alpha value is -2.37. The van der Waals surface area contributed by atoms with Crippen molar-refractivity contribution in [3.63, 3.8) is 0 Å². The molecule has 0 aliphatic carbocycles. The average Bonchev–Trinajstić information content (AvgIpc) is 2.38. The van der Waals surface area contributed by atoms with E-state index in [1.165, 1.54) is 25.3 Å². The average molecular weight is 283 g/mol. The van der Waals surface area contributed by atoms with Gasteiger partial charge in [0.2, 0.25) is 0 Å². The van der Waals surface area contributed by atoms with Crippen LogP contribution in [0.5, 0.6) is 11.5 Å². The number of anilines is 1. The first-order valence-electron chi connectivity index (χ1n) is 5.69. The summed E-state index contributed by atoms with van der Waals surface area (Å²) >= 11 is 0. The molecule has 6 heteroatoms. The number of para-hydroxylation sites is 1. The molecule has 0 spiro atoms. The third-order valence-electron chi connectivity index (χ3n) is 2.66. The predicted octanol–water partition coefficient (Wildman–Crippen LogP) is 3.84. The Morgan fingerprint density at radius 3 is 2.35 bits per heavy atom. The fourth-order valence-electron chi connectivity index (χ4n) is 1.80. The molecule has 0 saturated heterocycles. The molecule has 0 fully saturated rings. The van der Waals surface area contributed by atoms with Gasteiger partial charge in [-0.25, -0.2) is 0 Å². The summed E-state index contributed by atoms with van der Waals surface area (Å²) in [6.45, 7) is 0. The Balaban J connectivity index is 2.47. The van der Waals surface area contributed by atoms with Gasteiger partial charge in [0.05, 0.1) is 12.8 Å². The molecule has 0 aromatic heterocycles. The number of hydrogen-bond donors (Lipinski definition) is 1. The fourth-order valence-corrected chi connectivity index (χ4v) is 1.80. The maximum Gasteiger partial charge on any atom is 0.573 e. The van der Waals surface area contributed by atoms with Crippen molar-refractivity contribution in [3.8, 4) is 22.6 Å². The second-order valence-electron chi connectivity index (χ2n) is 4.00. The molecule has 0 bridgehead atoms.